The van der Waals surface area contributed by atoms with E-state index in [0.717, 1.165) is 26.1 Å². The van der Waals surface area contributed by atoms with E-state index in [0.29, 0.717) is 12.1 Å². The second-order valence-electron chi connectivity index (χ2n) is 5.04. The van der Waals surface area contributed by atoms with Gasteiger partial charge < -0.3 is 15.2 Å². The molecule has 0 radical (unpaired) electrons. The molecule has 0 aromatic heterocycles. The molecule has 1 aliphatic rings. The van der Waals surface area contributed by atoms with Crippen LogP contribution in [0, 0.1) is 0 Å². The average Bonchev–Trinajstić information content (AvgIpc) is 3.12. The Morgan fingerprint density at radius 2 is 2.18 bits per heavy atom. The van der Waals surface area contributed by atoms with Gasteiger partial charge in [-0.3, -0.25) is 4.90 Å². The van der Waals surface area contributed by atoms with Crippen molar-refractivity contribution in [3.05, 3.63) is 0 Å². The Morgan fingerprint density at radius 3 is 2.65 bits per heavy atom. The molecule has 0 heterocycles. The lowest BCUT2D eigenvalue weighted by molar-refractivity contribution is 0.0969. The molecule has 0 saturated heterocycles. The second kappa shape index (κ2) is 8.03. The lowest BCUT2D eigenvalue weighted by Crippen LogP contribution is -2.41. The molecule has 1 saturated carbocycles. The van der Waals surface area contributed by atoms with E-state index in [1.54, 1.807) is 7.11 Å². The van der Waals surface area contributed by atoms with Gasteiger partial charge in [0.1, 0.15) is 0 Å². The summed E-state index contributed by atoms with van der Waals surface area (Å²) < 4.78 is 5.19. The molecule has 0 aromatic carbocycles. The van der Waals surface area contributed by atoms with Gasteiger partial charge in [-0.15, -0.1) is 0 Å². The molecule has 2 unspecified atom stereocenters. The molecule has 0 aromatic rings. The van der Waals surface area contributed by atoms with Crippen molar-refractivity contribution in [1.82, 2.24) is 10.2 Å². The number of rotatable bonds is 10. The molecular formula is C13H28N2O2. The normalized spacial score (nSPS) is 19.6. The number of hydrogen-bond donors (Lipinski definition) is 2. The Bertz CT molecular complexity index is 198. The summed E-state index contributed by atoms with van der Waals surface area (Å²) in [7, 11) is 1.75. The average molecular weight is 244 g/mol. The van der Waals surface area contributed by atoms with Gasteiger partial charge >= 0.3 is 0 Å². The number of aliphatic hydroxyl groups excluding tert-OH is 1. The zero-order valence-electron chi connectivity index (χ0n) is 11.5. The van der Waals surface area contributed by atoms with Crippen molar-refractivity contribution in [2.75, 3.05) is 33.4 Å². The van der Waals surface area contributed by atoms with Crippen molar-refractivity contribution in [1.29, 1.82) is 0 Å². The van der Waals surface area contributed by atoms with Gasteiger partial charge in [0.2, 0.25) is 0 Å². The molecular weight excluding hydrogens is 216 g/mol. The van der Waals surface area contributed by atoms with E-state index >= 15 is 0 Å². The molecule has 0 amide bonds. The molecule has 0 bridgehead atoms. The summed E-state index contributed by atoms with van der Waals surface area (Å²) in [6.07, 6.45) is 3.55. The largest absolute Gasteiger partial charge is 0.395 e. The molecule has 17 heavy (non-hydrogen) atoms. The van der Waals surface area contributed by atoms with Crippen molar-refractivity contribution in [2.45, 2.75) is 51.2 Å². The van der Waals surface area contributed by atoms with Gasteiger partial charge in [-0.05, 0) is 32.7 Å². The third-order valence-corrected chi connectivity index (χ3v) is 3.47. The first kappa shape index (κ1) is 14.9. The molecule has 1 rings (SSSR count). The Labute approximate surface area is 105 Å². The number of nitrogens with zero attached hydrogens (tertiary/aromatic N) is 1. The fraction of sp³-hybridized carbons (Fsp3) is 1.00. The maximum absolute atomic E-state index is 9.32. The maximum Gasteiger partial charge on any atom is 0.0615 e. The summed E-state index contributed by atoms with van der Waals surface area (Å²) in [5, 5.41) is 12.8. The Hall–Kier alpha value is -0.160. The SMILES string of the molecule is CCN(CCC(CO)NC1CC1)C(C)COC. The number of aliphatic hydroxyl groups is 1. The number of methoxy groups -OCH3 is 1. The highest BCUT2D eigenvalue weighted by molar-refractivity contribution is 4.85. The standard InChI is InChI=1S/C13H28N2O2/c1-4-15(11(2)10-17-3)8-7-13(9-16)14-12-5-6-12/h11-14,16H,4-10H2,1-3H3. The van der Waals surface area contributed by atoms with Crippen molar-refractivity contribution in [2.24, 2.45) is 0 Å². The lowest BCUT2D eigenvalue weighted by Gasteiger charge is -2.29. The molecule has 1 fully saturated rings. The number of likely N-dealkylation sites (N-methyl/N-ethyl adjacent to an activating group) is 1. The van der Waals surface area contributed by atoms with Crippen LogP contribution < -0.4 is 5.32 Å². The molecule has 4 nitrogen and oxygen atoms in total. The molecule has 0 spiro atoms. The van der Waals surface area contributed by atoms with Crippen LogP contribution in [0.1, 0.15) is 33.1 Å². The summed E-state index contributed by atoms with van der Waals surface area (Å²) in [6, 6.07) is 1.37. The van der Waals surface area contributed by atoms with E-state index in [9.17, 15) is 5.11 Å². The van der Waals surface area contributed by atoms with Crippen LogP contribution in [0.25, 0.3) is 0 Å². The first-order valence-corrected chi connectivity index (χ1v) is 6.81. The van der Waals surface area contributed by atoms with E-state index in [-0.39, 0.29) is 12.6 Å². The van der Waals surface area contributed by atoms with Crippen molar-refractivity contribution < 1.29 is 9.84 Å². The van der Waals surface area contributed by atoms with Crippen LogP contribution in [0.2, 0.25) is 0 Å². The summed E-state index contributed by atoms with van der Waals surface area (Å²) in [5.74, 6) is 0. The van der Waals surface area contributed by atoms with Crippen LogP contribution in [-0.2, 0) is 4.74 Å². The van der Waals surface area contributed by atoms with Gasteiger partial charge in [0.15, 0.2) is 0 Å². The highest BCUT2D eigenvalue weighted by Crippen LogP contribution is 2.20. The molecule has 2 atom stereocenters. The zero-order valence-corrected chi connectivity index (χ0v) is 11.5. The number of hydrogen-bond acceptors (Lipinski definition) is 4. The number of nitrogens with one attached hydrogen (secondary N) is 1. The smallest absolute Gasteiger partial charge is 0.0615 e. The fourth-order valence-electron chi connectivity index (χ4n) is 2.17. The van der Waals surface area contributed by atoms with E-state index in [1.165, 1.54) is 12.8 Å². The minimum Gasteiger partial charge on any atom is -0.395 e. The van der Waals surface area contributed by atoms with Crippen molar-refractivity contribution in [3.8, 4) is 0 Å². The molecule has 1 aliphatic carbocycles. The van der Waals surface area contributed by atoms with Gasteiger partial charge in [-0.1, -0.05) is 6.92 Å². The highest BCUT2D eigenvalue weighted by atomic mass is 16.5. The van der Waals surface area contributed by atoms with Crippen LogP contribution in [-0.4, -0.2) is 61.5 Å². The lowest BCUT2D eigenvalue weighted by atomic mass is 10.2. The van der Waals surface area contributed by atoms with E-state index in [4.69, 9.17) is 4.74 Å². The summed E-state index contributed by atoms with van der Waals surface area (Å²) in [6.45, 7) is 7.43. The summed E-state index contributed by atoms with van der Waals surface area (Å²) in [5.41, 5.74) is 0. The quantitative estimate of drug-likeness (QED) is 0.598. The van der Waals surface area contributed by atoms with Gasteiger partial charge in [0, 0.05) is 31.8 Å². The van der Waals surface area contributed by atoms with E-state index in [1.807, 2.05) is 0 Å². The Balaban J connectivity index is 2.23. The molecule has 2 N–H and O–H groups in total. The third-order valence-electron chi connectivity index (χ3n) is 3.47. The van der Waals surface area contributed by atoms with Gasteiger partial charge in [0.25, 0.3) is 0 Å². The van der Waals surface area contributed by atoms with Crippen LogP contribution in [0.15, 0.2) is 0 Å². The van der Waals surface area contributed by atoms with Gasteiger partial charge in [-0.25, -0.2) is 0 Å². The van der Waals surface area contributed by atoms with E-state index < -0.39 is 0 Å². The summed E-state index contributed by atoms with van der Waals surface area (Å²) >= 11 is 0. The predicted molar refractivity (Wildman–Crippen MR) is 70.2 cm³/mol. The van der Waals surface area contributed by atoms with Crippen LogP contribution in [0.3, 0.4) is 0 Å². The zero-order chi connectivity index (χ0) is 12.7. The monoisotopic (exact) mass is 244 g/mol. The van der Waals surface area contributed by atoms with Gasteiger partial charge in [0.05, 0.1) is 13.2 Å². The maximum atomic E-state index is 9.32. The molecule has 102 valence electrons. The number of ether oxygens (including phenoxy) is 1. The fourth-order valence-corrected chi connectivity index (χ4v) is 2.17. The first-order valence-electron chi connectivity index (χ1n) is 6.81. The topological polar surface area (TPSA) is 44.7 Å². The third kappa shape index (κ3) is 5.82. The molecule has 4 heteroatoms. The minimum absolute atomic E-state index is 0.243. The van der Waals surface area contributed by atoms with Crippen LogP contribution in [0.5, 0.6) is 0 Å². The Morgan fingerprint density at radius 1 is 1.47 bits per heavy atom. The van der Waals surface area contributed by atoms with Crippen molar-refractivity contribution >= 4 is 0 Å². The van der Waals surface area contributed by atoms with Crippen molar-refractivity contribution in [3.63, 3.8) is 0 Å². The second-order valence-corrected chi connectivity index (χ2v) is 5.04. The Kier molecular flexibility index (Phi) is 7.04. The minimum atomic E-state index is 0.243. The van der Waals surface area contributed by atoms with Gasteiger partial charge in [-0.2, -0.15) is 0 Å². The van der Waals surface area contributed by atoms with Crippen LogP contribution in [0.4, 0.5) is 0 Å². The highest BCUT2D eigenvalue weighted by Gasteiger charge is 2.24. The molecule has 0 aliphatic heterocycles. The van der Waals surface area contributed by atoms with E-state index in [2.05, 4.69) is 24.1 Å². The first-order chi connectivity index (χ1) is 8.21. The predicted octanol–water partition coefficient (Wildman–Crippen LogP) is 0.846. The van der Waals surface area contributed by atoms with Crippen LogP contribution >= 0.6 is 0 Å². The summed E-state index contributed by atoms with van der Waals surface area (Å²) in [4.78, 5) is 2.40.